The number of amides is 2. The zero-order valence-electron chi connectivity index (χ0n) is 17.8. The molecule has 1 atom stereocenters. The topological polar surface area (TPSA) is 62.2 Å². The molecule has 1 saturated carbocycles. The number of carbonyl (C=O) groups is 2. The van der Waals surface area contributed by atoms with Crippen LogP contribution in [0, 0.1) is 11.7 Å². The van der Waals surface area contributed by atoms with Gasteiger partial charge in [-0.25, -0.2) is 9.40 Å². The van der Waals surface area contributed by atoms with Crippen LogP contribution in [0.4, 0.5) is 4.39 Å². The summed E-state index contributed by atoms with van der Waals surface area (Å²) in [6.07, 6.45) is 3.16. The standard InChI is InChI=1S/C24H26FN3O3/c1-27(24(30)16-8-7-9-16)15-23(29)28-21(18-11-4-6-13-22(18)31-2)14-20(26-28)17-10-3-5-12-19(17)25/h3-6,10-13,16,21H,7-9,14-15H2,1-2H3/t21-/m1/s1. The molecule has 0 radical (unpaired) electrons. The molecule has 0 saturated heterocycles. The smallest absolute Gasteiger partial charge is 0.262 e. The van der Waals surface area contributed by atoms with Gasteiger partial charge in [-0.1, -0.05) is 42.8 Å². The summed E-state index contributed by atoms with van der Waals surface area (Å²) in [4.78, 5) is 27.2. The molecule has 1 fully saturated rings. The van der Waals surface area contributed by atoms with Gasteiger partial charge in [0.15, 0.2) is 0 Å². The molecule has 0 N–H and O–H groups in total. The van der Waals surface area contributed by atoms with Crippen molar-refractivity contribution >= 4 is 17.5 Å². The molecule has 0 aromatic heterocycles. The molecule has 4 rings (SSSR count). The van der Waals surface area contributed by atoms with Crippen LogP contribution >= 0.6 is 0 Å². The van der Waals surface area contributed by atoms with Gasteiger partial charge in [-0.15, -0.1) is 0 Å². The molecular formula is C24H26FN3O3. The number of carbonyl (C=O) groups excluding carboxylic acids is 2. The van der Waals surface area contributed by atoms with Crippen molar-refractivity contribution in [2.45, 2.75) is 31.7 Å². The summed E-state index contributed by atoms with van der Waals surface area (Å²) in [5, 5.41) is 5.89. The van der Waals surface area contributed by atoms with E-state index in [1.165, 1.54) is 16.0 Å². The first-order valence-corrected chi connectivity index (χ1v) is 10.5. The summed E-state index contributed by atoms with van der Waals surface area (Å²) >= 11 is 0. The number of hydrazone groups is 1. The minimum atomic E-state index is -0.439. The van der Waals surface area contributed by atoms with Crippen LogP contribution < -0.4 is 4.74 Å². The Bertz CT molecular complexity index is 1020. The van der Waals surface area contributed by atoms with Gasteiger partial charge in [0.25, 0.3) is 5.91 Å². The highest BCUT2D eigenvalue weighted by atomic mass is 19.1. The molecule has 0 bridgehead atoms. The summed E-state index contributed by atoms with van der Waals surface area (Å²) < 4.78 is 19.9. The van der Waals surface area contributed by atoms with E-state index in [-0.39, 0.29) is 30.1 Å². The zero-order chi connectivity index (χ0) is 22.0. The van der Waals surface area contributed by atoms with Crippen molar-refractivity contribution < 1.29 is 18.7 Å². The molecule has 0 unspecified atom stereocenters. The molecule has 2 aliphatic rings. The molecule has 2 aromatic rings. The quantitative estimate of drug-likeness (QED) is 0.711. The molecule has 0 spiro atoms. The fourth-order valence-corrected chi connectivity index (χ4v) is 4.10. The van der Waals surface area contributed by atoms with Crippen LogP contribution in [-0.2, 0) is 9.59 Å². The van der Waals surface area contributed by atoms with Gasteiger partial charge in [-0.3, -0.25) is 9.59 Å². The van der Waals surface area contributed by atoms with Crippen molar-refractivity contribution in [2.24, 2.45) is 11.0 Å². The number of methoxy groups -OCH3 is 1. The maximum absolute atomic E-state index is 14.4. The van der Waals surface area contributed by atoms with Gasteiger partial charge in [0.2, 0.25) is 5.91 Å². The normalized spacial score (nSPS) is 18.4. The van der Waals surface area contributed by atoms with E-state index in [0.29, 0.717) is 23.4 Å². The fraction of sp³-hybridized carbons (Fsp3) is 0.375. The second-order valence-electron chi connectivity index (χ2n) is 8.05. The highest BCUT2D eigenvalue weighted by molar-refractivity contribution is 6.03. The Hall–Kier alpha value is -3.22. The van der Waals surface area contributed by atoms with Crippen LogP contribution in [-0.4, -0.2) is 48.1 Å². The van der Waals surface area contributed by atoms with Gasteiger partial charge >= 0.3 is 0 Å². The average molecular weight is 423 g/mol. The number of likely N-dealkylation sites (N-methyl/N-ethyl adjacent to an activating group) is 1. The van der Waals surface area contributed by atoms with Crippen LogP contribution in [0.5, 0.6) is 5.75 Å². The van der Waals surface area contributed by atoms with Crippen molar-refractivity contribution in [3.05, 3.63) is 65.5 Å². The number of para-hydroxylation sites is 1. The maximum Gasteiger partial charge on any atom is 0.262 e. The van der Waals surface area contributed by atoms with Crippen molar-refractivity contribution in [1.29, 1.82) is 0 Å². The lowest BCUT2D eigenvalue weighted by molar-refractivity contribution is -0.144. The predicted molar refractivity (Wildman–Crippen MR) is 115 cm³/mol. The Labute approximate surface area is 181 Å². The van der Waals surface area contributed by atoms with Crippen LogP contribution in [0.3, 0.4) is 0 Å². The van der Waals surface area contributed by atoms with Crippen LogP contribution in [0.25, 0.3) is 0 Å². The molecule has 162 valence electrons. The minimum absolute atomic E-state index is 0.00838. The van der Waals surface area contributed by atoms with E-state index >= 15 is 0 Å². The lowest BCUT2D eigenvalue weighted by atomic mass is 9.84. The number of halogens is 1. The van der Waals surface area contributed by atoms with E-state index < -0.39 is 6.04 Å². The van der Waals surface area contributed by atoms with Crippen molar-refractivity contribution in [2.75, 3.05) is 20.7 Å². The summed E-state index contributed by atoms with van der Waals surface area (Å²) in [7, 11) is 3.22. The lowest BCUT2D eigenvalue weighted by Crippen LogP contribution is -2.42. The summed E-state index contributed by atoms with van der Waals surface area (Å²) in [6.45, 7) is -0.0744. The minimum Gasteiger partial charge on any atom is -0.496 e. The van der Waals surface area contributed by atoms with Gasteiger partial charge in [0.05, 0.1) is 18.9 Å². The highest BCUT2D eigenvalue weighted by Crippen LogP contribution is 2.38. The van der Waals surface area contributed by atoms with Gasteiger partial charge in [0.1, 0.15) is 18.1 Å². The van der Waals surface area contributed by atoms with Gasteiger partial charge in [-0.2, -0.15) is 5.10 Å². The van der Waals surface area contributed by atoms with Crippen LogP contribution in [0.1, 0.15) is 42.9 Å². The van der Waals surface area contributed by atoms with E-state index in [9.17, 15) is 14.0 Å². The molecule has 7 heteroatoms. The van der Waals surface area contributed by atoms with E-state index in [1.54, 1.807) is 32.4 Å². The molecule has 1 aliphatic carbocycles. The number of rotatable bonds is 6. The van der Waals surface area contributed by atoms with E-state index in [4.69, 9.17) is 4.74 Å². The molecule has 1 aliphatic heterocycles. The molecule has 31 heavy (non-hydrogen) atoms. The summed E-state index contributed by atoms with van der Waals surface area (Å²) in [6, 6.07) is 13.4. The first kappa shape index (κ1) is 21.0. The number of ether oxygens (including phenoxy) is 1. The van der Waals surface area contributed by atoms with Crippen LogP contribution in [0.15, 0.2) is 53.6 Å². The third-order valence-electron chi connectivity index (χ3n) is 6.05. The molecule has 2 amide bonds. The summed E-state index contributed by atoms with van der Waals surface area (Å²) in [5.41, 5.74) is 1.66. The van der Waals surface area contributed by atoms with Crippen molar-refractivity contribution in [3.63, 3.8) is 0 Å². The van der Waals surface area contributed by atoms with E-state index in [1.807, 2.05) is 24.3 Å². The Morgan fingerprint density at radius 3 is 2.55 bits per heavy atom. The Kier molecular flexibility index (Phi) is 6.02. The van der Waals surface area contributed by atoms with E-state index in [2.05, 4.69) is 5.10 Å². The molecule has 6 nitrogen and oxygen atoms in total. The largest absolute Gasteiger partial charge is 0.496 e. The SMILES string of the molecule is COc1ccccc1[C@H]1CC(c2ccccc2F)=NN1C(=O)CN(C)C(=O)C1CCC1. The number of hydrogen-bond donors (Lipinski definition) is 0. The monoisotopic (exact) mass is 423 g/mol. The Morgan fingerprint density at radius 2 is 1.87 bits per heavy atom. The third-order valence-corrected chi connectivity index (χ3v) is 6.05. The number of hydrogen-bond acceptors (Lipinski definition) is 4. The Balaban J connectivity index is 1.63. The van der Waals surface area contributed by atoms with Gasteiger partial charge < -0.3 is 9.64 Å². The number of benzene rings is 2. The fourth-order valence-electron chi connectivity index (χ4n) is 4.10. The molecule has 2 aromatic carbocycles. The second kappa shape index (κ2) is 8.88. The first-order valence-electron chi connectivity index (χ1n) is 10.5. The number of nitrogens with zero attached hydrogens (tertiary/aromatic N) is 3. The average Bonchev–Trinajstić information content (AvgIpc) is 3.17. The zero-order valence-corrected chi connectivity index (χ0v) is 17.8. The van der Waals surface area contributed by atoms with Crippen LogP contribution in [0.2, 0.25) is 0 Å². The van der Waals surface area contributed by atoms with Crippen molar-refractivity contribution in [3.8, 4) is 5.75 Å². The first-order chi connectivity index (χ1) is 15.0. The predicted octanol–water partition coefficient (Wildman–Crippen LogP) is 3.77. The Morgan fingerprint density at radius 1 is 1.16 bits per heavy atom. The van der Waals surface area contributed by atoms with Gasteiger partial charge in [-0.05, 0) is 25.0 Å². The second-order valence-corrected chi connectivity index (χ2v) is 8.05. The van der Waals surface area contributed by atoms with Gasteiger partial charge in [0, 0.05) is 30.5 Å². The lowest BCUT2D eigenvalue weighted by Gasteiger charge is -2.30. The highest BCUT2D eigenvalue weighted by Gasteiger charge is 2.37. The van der Waals surface area contributed by atoms with Crippen molar-refractivity contribution in [1.82, 2.24) is 9.91 Å². The third kappa shape index (κ3) is 4.17. The maximum atomic E-state index is 14.4. The molecular weight excluding hydrogens is 397 g/mol. The molecule has 1 heterocycles. The van der Waals surface area contributed by atoms with E-state index in [0.717, 1.165) is 24.8 Å². The summed E-state index contributed by atoms with van der Waals surface area (Å²) in [5.74, 6) is -0.0528.